The first kappa shape index (κ1) is 13.5. The maximum absolute atomic E-state index is 11.2. The lowest BCUT2D eigenvalue weighted by atomic mass is 10.1. The van der Waals surface area contributed by atoms with E-state index in [1.807, 2.05) is 38.1 Å². The van der Waals surface area contributed by atoms with Gasteiger partial charge in [0, 0.05) is 11.6 Å². The predicted octanol–water partition coefficient (Wildman–Crippen LogP) is 1.61. The standard InChI is InChI=1S/C13H20N2O2/c1-4-11(13(14)16)15-9(2)10-7-5-6-8-12(10)17-3/h5-9,11,15H,4H2,1-3H3,(H2,14,16)/t9-,11?/m1/s1. The van der Waals surface area contributed by atoms with E-state index in [1.165, 1.54) is 0 Å². The molecule has 4 nitrogen and oxygen atoms in total. The van der Waals surface area contributed by atoms with Crippen LogP contribution in [0.5, 0.6) is 5.75 Å². The maximum atomic E-state index is 11.2. The third kappa shape index (κ3) is 3.46. The highest BCUT2D eigenvalue weighted by atomic mass is 16.5. The van der Waals surface area contributed by atoms with Gasteiger partial charge in [0.25, 0.3) is 0 Å². The molecule has 2 atom stereocenters. The van der Waals surface area contributed by atoms with Crippen LogP contribution in [0.25, 0.3) is 0 Å². The largest absolute Gasteiger partial charge is 0.496 e. The van der Waals surface area contributed by atoms with Crippen molar-refractivity contribution in [3.8, 4) is 5.75 Å². The summed E-state index contributed by atoms with van der Waals surface area (Å²) in [7, 11) is 1.64. The van der Waals surface area contributed by atoms with Crippen molar-refractivity contribution in [1.82, 2.24) is 5.32 Å². The number of benzene rings is 1. The van der Waals surface area contributed by atoms with E-state index in [4.69, 9.17) is 10.5 Å². The number of carbonyl (C=O) groups excluding carboxylic acids is 1. The van der Waals surface area contributed by atoms with Crippen molar-refractivity contribution in [3.63, 3.8) is 0 Å². The number of ether oxygens (including phenoxy) is 1. The number of carbonyl (C=O) groups is 1. The summed E-state index contributed by atoms with van der Waals surface area (Å²) < 4.78 is 5.29. The molecule has 4 heteroatoms. The van der Waals surface area contributed by atoms with Gasteiger partial charge in [-0.3, -0.25) is 10.1 Å². The van der Waals surface area contributed by atoms with Crippen LogP contribution in [0.2, 0.25) is 0 Å². The van der Waals surface area contributed by atoms with Crippen LogP contribution in [-0.4, -0.2) is 19.1 Å². The summed E-state index contributed by atoms with van der Waals surface area (Å²) in [4.78, 5) is 11.2. The number of amides is 1. The lowest BCUT2D eigenvalue weighted by Crippen LogP contribution is -2.41. The van der Waals surface area contributed by atoms with E-state index < -0.39 is 0 Å². The van der Waals surface area contributed by atoms with Gasteiger partial charge in [0.05, 0.1) is 13.2 Å². The zero-order chi connectivity index (χ0) is 12.8. The fourth-order valence-corrected chi connectivity index (χ4v) is 1.82. The number of methoxy groups -OCH3 is 1. The number of primary amides is 1. The normalized spacial score (nSPS) is 14.1. The molecular formula is C13H20N2O2. The summed E-state index contributed by atoms with van der Waals surface area (Å²) >= 11 is 0. The van der Waals surface area contributed by atoms with E-state index in [0.29, 0.717) is 6.42 Å². The van der Waals surface area contributed by atoms with Crippen LogP contribution in [0.1, 0.15) is 31.9 Å². The van der Waals surface area contributed by atoms with Gasteiger partial charge in [-0.25, -0.2) is 0 Å². The fourth-order valence-electron chi connectivity index (χ4n) is 1.82. The van der Waals surface area contributed by atoms with Crippen molar-refractivity contribution in [3.05, 3.63) is 29.8 Å². The average molecular weight is 236 g/mol. The molecule has 0 radical (unpaired) electrons. The van der Waals surface area contributed by atoms with Crippen molar-refractivity contribution in [2.75, 3.05) is 7.11 Å². The minimum atomic E-state index is -0.325. The van der Waals surface area contributed by atoms with Gasteiger partial charge in [-0.2, -0.15) is 0 Å². The van der Waals surface area contributed by atoms with Crippen LogP contribution in [0.4, 0.5) is 0 Å². The number of nitrogens with one attached hydrogen (secondary N) is 1. The number of hydrogen-bond acceptors (Lipinski definition) is 3. The molecule has 0 heterocycles. The quantitative estimate of drug-likeness (QED) is 0.788. The summed E-state index contributed by atoms with van der Waals surface area (Å²) in [5.74, 6) is 0.487. The zero-order valence-electron chi connectivity index (χ0n) is 10.6. The van der Waals surface area contributed by atoms with E-state index >= 15 is 0 Å². The predicted molar refractivity (Wildman–Crippen MR) is 67.8 cm³/mol. The smallest absolute Gasteiger partial charge is 0.234 e. The van der Waals surface area contributed by atoms with Crippen LogP contribution >= 0.6 is 0 Å². The van der Waals surface area contributed by atoms with Gasteiger partial charge >= 0.3 is 0 Å². The van der Waals surface area contributed by atoms with Gasteiger partial charge in [0.2, 0.25) is 5.91 Å². The fraction of sp³-hybridized carbons (Fsp3) is 0.462. The molecule has 1 unspecified atom stereocenters. The Morgan fingerprint density at radius 3 is 2.65 bits per heavy atom. The topological polar surface area (TPSA) is 64.3 Å². The van der Waals surface area contributed by atoms with E-state index in [0.717, 1.165) is 11.3 Å². The first-order valence-corrected chi connectivity index (χ1v) is 5.78. The summed E-state index contributed by atoms with van der Waals surface area (Å²) in [5, 5.41) is 3.20. The lowest BCUT2D eigenvalue weighted by molar-refractivity contribution is -0.120. The van der Waals surface area contributed by atoms with E-state index in [-0.39, 0.29) is 18.0 Å². The Kier molecular flexibility index (Phi) is 4.97. The van der Waals surface area contributed by atoms with Crippen LogP contribution in [-0.2, 0) is 4.79 Å². The SMILES string of the molecule is CCC(N[C@H](C)c1ccccc1OC)C(N)=O. The van der Waals surface area contributed by atoms with Crippen LogP contribution in [0.15, 0.2) is 24.3 Å². The van der Waals surface area contributed by atoms with Crippen molar-refractivity contribution < 1.29 is 9.53 Å². The lowest BCUT2D eigenvalue weighted by Gasteiger charge is -2.21. The Labute approximate surface area is 102 Å². The second kappa shape index (κ2) is 6.25. The molecule has 0 aliphatic rings. The Bertz CT molecular complexity index is 379. The molecule has 17 heavy (non-hydrogen) atoms. The molecule has 3 N–H and O–H groups in total. The Balaban J connectivity index is 2.81. The van der Waals surface area contributed by atoms with Gasteiger partial charge in [-0.1, -0.05) is 25.1 Å². The molecule has 1 aromatic rings. The second-order valence-corrected chi connectivity index (χ2v) is 3.99. The maximum Gasteiger partial charge on any atom is 0.234 e. The molecular weight excluding hydrogens is 216 g/mol. The Morgan fingerprint density at radius 2 is 2.12 bits per heavy atom. The van der Waals surface area contributed by atoms with Gasteiger partial charge in [-0.15, -0.1) is 0 Å². The summed E-state index contributed by atoms with van der Waals surface area (Å²) in [6.45, 7) is 3.92. The summed E-state index contributed by atoms with van der Waals surface area (Å²) in [5.41, 5.74) is 6.33. The van der Waals surface area contributed by atoms with Crippen molar-refractivity contribution in [1.29, 1.82) is 0 Å². The molecule has 0 aliphatic heterocycles. The zero-order valence-corrected chi connectivity index (χ0v) is 10.6. The third-order valence-corrected chi connectivity index (χ3v) is 2.81. The first-order chi connectivity index (χ1) is 8.10. The molecule has 0 aromatic heterocycles. The van der Waals surface area contributed by atoms with Crippen LogP contribution < -0.4 is 15.8 Å². The molecule has 1 aromatic carbocycles. The first-order valence-electron chi connectivity index (χ1n) is 5.78. The molecule has 0 bridgehead atoms. The molecule has 1 rings (SSSR count). The molecule has 1 amide bonds. The third-order valence-electron chi connectivity index (χ3n) is 2.81. The van der Waals surface area contributed by atoms with Gasteiger partial charge < -0.3 is 10.5 Å². The Hall–Kier alpha value is -1.55. The molecule has 0 fully saturated rings. The van der Waals surface area contributed by atoms with Gasteiger partial charge in [-0.05, 0) is 19.4 Å². The molecule has 0 spiro atoms. The number of rotatable bonds is 6. The van der Waals surface area contributed by atoms with Crippen molar-refractivity contribution in [2.24, 2.45) is 5.73 Å². The minimum Gasteiger partial charge on any atom is -0.496 e. The number of para-hydroxylation sites is 1. The van der Waals surface area contributed by atoms with E-state index in [1.54, 1.807) is 7.11 Å². The van der Waals surface area contributed by atoms with Crippen LogP contribution in [0, 0.1) is 0 Å². The average Bonchev–Trinajstić information content (AvgIpc) is 2.35. The highest BCUT2D eigenvalue weighted by Crippen LogP contribution is 2.24. The van der Waals surface area contributed by atoms with E-state index in [2.05, 4.69) is 5.32 Å². The minimum absolute atomic E-state index is 0.0172. The second-order valence-electron chi connectivity index (χ2n) is 3.99. The van der Waals surface area contributed by atoms with Crippen molar-refractivity contribution in [2.45, 2.75) is 32.4 Å². The van der Waals surface area contributed by atoms with E-state index in [9.17, 15) is 4.79 Å². The highest BCUT2D eigenvalue weighted by Gasteiger charge is 2.18. The van der Waals surface area contributed by atoms with Crippen molar-refractivity contribution >= 4 is 5.91 Å². The number of nitrogens with two attached hydrogens (primary N) is 1. The monoisotopic (exact) mass is 236 g/mol. The Morgan fingerprint density at radius 1 is 1.47 bits per heavy atom. The summed E-state index contributed by atoms with van der Waals surface area (Å²) in [6.07, 6.45) is 0.675. The molecule has 0 aliphatic carbocycles. The highest BCUT2D eigenvalue weighted by molar-refractivity contribution is 5.79. The van der Waals surface area contributed by atoms with Gasteiger partial charge in [0.15, 0.2) is 0 Å². The number of hydrogen-bond donors (Lipinski definition) is 2. The molecule has 94 valence electrons. The molecule has 0 saturated heterocycles. The van der Waals surface area contributed by atoms with Crippen LogP contribution in [0.3, 0.4) is 0 Å². The van der Waals surface area contributed by atoms with Gasteiger partial charge in [0.1, 0.15) is 5.75 Å². The molecule has 0 saturated carbocycles. The summed E-state index contributed by atoms with van der Waals surface area (Å²) in [6, 6.07) is 7.45.